The summed E-state index contributed by atoms with van der Waals surface area (Å²) in [5.74, 6) is 1.82. The molecule has 312 valence electrons. The SMILES string of the molecule is C[C@H]1C[C@H](Nc2ncncc2C(=O)c2cc(C3CCCO3)co2)C[C@@H]1CO.C[C@H]1C[C@H](Nc2ncncc2C(=O)c2cc(C3CCCO3)co2)C[C@@H]1COS(N)(=O)=O. The number of nitrogens with one attached hydrogen (secondary N) is 2. The normalized spacial score (nSPS) is 27.0. The van der Waals surface area contributed by atoms with Gasteiger partial charge in [0.05, 0.1) is 42.5 Å². The van der Waals surface area contributed by atoms with Crippen LogP contribution in [-0.2, 0) is 24.0 Å². The summed E-state index contributed by atoms with van der Waals surface area (Å²) in [6.07, 6.45) is 16.0. The maximum absolute atomic E-state index is 13.1. The minimum absolute atomic E-state index is 0.00424. The highest BCUT2D eigenvalue weighted by molar-refractivity contribution is 7.84. The van der Waals surface area contributed by atoms with E-state index in [9.17, 15) is 23.1 Å². The number of nitrogens with two attached hydrogens (primary N) is 1. The predicted octanol–water partition coefficient (Wildman–Crippen LogP) is 5.17. The molecule has 2 aliphatic heterocycles. The Labute approximate surface area is 337 Å². The van der Waals surface area contributed by atoms with Crippen molar-refractivity contribution in [2.75, 3.05) is 37.1 Å². The summed E-state index contributed by atoms with van der Waals surface area (Å²) in [6.45, 7) is 5.85. The Morgan fingerprint density at radius 1 is 0.793 bits per heavy atom. The number of hydrogen-bond donors (Lipinski definition) is 4. The molecule has 2 aliphatic carbocycles. The van der Waals surface area contributed by atoms with Crippen LogP contribution in [0.5, 0.6) is 0 Å². The summed E-state index contributed by atoms with van der Waals surface area (Å²) in [7, 11) is -3.97. The number of carbonyl (C=O) groups excluding carboxylic acids is 2. The molecule has 4 aromatic heterocycles. The number of rotatable bonds is 14. The molecule has 5 N–H and O–H groups in total. The van der Waals surface area contributed by atoms with Crippen LogP contribution in [0, 0.1) is 23.7 Å². The van der Waals surface area contributed by atoms with Gasteiger partial charge in [-0.2, -0.15) is 8.42 Å². The molecule has 0 bridgehead atoms. The highest BCUT2D eigenvalue weighted by Gasteiger charge is 2.34. The molecule has 0 aromatic carbocycles. The van der Waals surface area contributed by atoms with Crippen molar-refractivity contribution in [3.63, 3.8) is 0 Å². The van der Waals surface area contributed by atoms with Crippen molar-refractivity contribution in [2.24, 2.45) is 28.8 Å². The number of furan rings is 2. The van der Waals surface area contributed by atoms with Gasteiger partial charge in [-0.1, -0.05) is 13.8 Å². The summed E-state index contributed by atoms with van der Waals surface area (Å²) in [5, 5.41) is 21.1. The number of ketones is 2. The molecule has 6 heterocycles. The van der Waals surface area contributed by atoms with E-state index in [2.05, 4.69) is 37.5 Å². The number of aliphatic hydroxyl groups is 1. The third kappa shape index (κ3) is 10.2. The summed E-state index contributed by atoms with van der Waals surface area (Å²) in [6, 6.07) is 3.66. The second-order valence-electron chi connectivity index (χ2n) is 15.8. The zero-order chi connectivity index (χ0) is 40.8. The fraction of sp³-hybridized carbons (Fsp3) is 0.550. The van der Waals surface area contributed by atoms with Gasteiger partial charge < -0.3 is 34.0 Å². The topological polar surface area (TPSA) is 244 Å². The largest absolute Gasteiger partial charge is 0.460 e. The van der Waals surface area contributed by atoms with Crippen LogP contribution >= 0.6 is 0 Å². The molecule has 2 saturated heterocycles. The fourth-order valence-electron chi connectivity index (χ4n) is 8.41. The van der Waals surface area contributed by atoms with E-state index in [1.165, 1.54) is 25.0 Å². The number of carbonyl (C=O) groups is 2. The zero-order valence-electron chi connectivity index (χ0n) is 32.6. The molecule has 8 rings (SSSR count). The van der Waals surface area contributed by atoms with Crippen molar-refractivity contribution in [1.29, 1.82) is 0 Å². The first-order valence-electron chi connectivity index (χ1n) is 19.9. The van der Waals surface area contributed by atoms with E-state index < -0.39 is 10.3 Å². The lowest BCUT2D eigenvalue weighted by molar-refractivity contribution is 0.100. The predicted molar refractivity (Wildman–Crippen MR) is 209 cm³/mol. The highest BCUT2D eigenvalue weighted by Crippen LogP contribution is 2.36. The Balaban J connectivity index is 0.000000178. The zero-order valence-corrected chi connectivity index (χ0v) is 33.4. The van der Waals surface area contributed by atoms with Crippen molar-refractivity contribution < 1.29 is 45.6 Å². The van der Waals surface area contributed by atoms with E-state index in [-0.39, 0.29) is 78.3 Å². The highest BCUT2D eigenvalue weighted by atomic mass is 32.2. The van der Waals surface area contributed by atoms with Crippen molar-refractivity contribution in [1.82, 2.24) is 19.9 Å². The van der Waals surface area contributed by atoms with Crippen LogP contribution in [-0.4, -0.2) is 83.5 Å². The molecule has 2 saturated carbocycles. The summed E-state index contributed by atoms with van der Waals surface area (Å²) >= 11 is 0. The van der Waals surface area contributed by atoms with Crippen LogP contribution < -0.4 is 15.8 Å². The summed E-state index contributed by atoms with van der Waals surface area (Å²) in [5.41, 5.74) is 2.46. The van der Waals surface area contributed by atoms with Crippen molar-refractivity contribution in [3.8, 4) is 0 Å². The second-order valence-corrected chi connectivity index (χ2v) is 17.0. The molecule has 8 atom stereocenters. The monoisotopic (exact) mass is 821 g/mol. The summed E-state index contributed by atoms with van der Waals surface area (Å²) in [4.78, 5) is 42.6. The summed E-state index contributed by atoms with van der Waals surface area (Å²) < 4.78 is 49.3. The van der Waals surface area contributed by atoms with Gasteiger partial charge in [-0.05, 0) is 87.2 Å². The van der Waals surface area contributed by atoms with Crippen LogP contribution in [0.4, 0.5) is 11.6 Å². The van der Waals surface area contributed by atoms with Crippen LogP contribution in [0.2, 0.25) is 0 Å². The first kappa shape index (κ1) is 41.6. The van der Waals surface area contributed by atoms with Crippen LogP contribution in [0.25, 0.3) is 0 Å². The molecular weight excluding hydrogens is 771 g/mol. The Morgan fingerprint density at radius 2 is 1.28 bits per heavy atom. The molecule has 17 nitrogen and oxygen atoms in total. The quantitative estimate of drug-likeness (QED) is 0.120. The van der Waals surface area contributed by atoms with E-state index in [4.69, 9.17) is 27.6 Å². The van der Waals surface area contributed by atoms with Gasteiger partial charge in [0, 0.05) is 55.4 Å². The molecule has 58 heavy (non-hydrogen) atoms. The average Bonchev–Trinajstić information content (AvgIpc) is 4.06. The van der Waals surface area contributed by atoms with Crippen LogP contribution in [0.3, 0.4) is 0 Å². The van der Waals surface area contributed by atoms with Crippen LogP contribution in [0.1, 0.15) is 121 Å². The molecule has 2 unspecified atom stereocenters. The molecule has 0 radical (unpaired) electrons. The molecule has 4 fully saturated rings. The van der Waals surface area contributed by atoms with Crippen molar-refractivity contribution in [2.45, 2.75) is 89.5 Å². The molecular formula is C40H51N7O10S. The van der Waals surface area contributed by atoms with Crippen molar-refractivity contribution >= 4 is 33.5 Å². The second kappa shape index (κ2) is 18.6. The van der Waals surface area contributed by atoms with Gasteiger partial charge in [-0.25, -0.2) is 25.1 Å². The maximum Gasteiger partial charge on any atom is 0.333 e. The third-order valence-corrected chi connectivity index (χ3v) is 12.1. The Bertz CT molecular complexity index is 2130. The Hall–Kier alpha value is -4.59. The Kier molecular flexibility index (Phi) is 13.3. The average molecular weight is 822 g/mol. The van der Waals surface area contributed by atoms with E-state index in [0.717, 1.165) is 62.7 Å². The first-order valence-corrected chi connectivity index (χ1v) is 21.3. The molecule has 0 spiro atoms. The number of hydrogen-bond acceptors (Lipinski definition) is 16. The van der Waals surface area contributed by atoms with Crippen molar-refractivity contribution in [3.05, 3.63) is 83.5 Å². The molecule has 4 aliphatic rings. The van der Waals surface area contributed by atoms with E-state index in [0.29, 0.717) is 41.7 Å². The van der Waals surface area contributed by atoms with Gasteiger partial charge in [0.1, 0.15) is 24.3 Å². The van der Waals surface area contributed by atoms with Gasteiger partial charge >= 0.3 is 10.3 Å². The minimum Gasteiger partial charge on any atom is -0.460 e. The van der Waals surface area contributed by atoms with Gasteiger partial charge in [0.25, 0.3) is 0 Å². The van der Waals surface area contributed by atoms with E-state index in [1.54, 1.807) is 24.7 Å². The first-order chi connectivity index (χ1) is 28.0. The number of anilines is 2. The minimum atomic E-state index is -3.97. The third-order valence-electron chi connectivity index (χ3n) is 11.7. The van der Waals surface area contributed by atoms with Gasteiger partial charge in [0.15, 0.2) is 11.5 Å². The van der Waals surface area contributed by atoms with Gasteiger partial charge in [-0.15, -0.1) is 0 Å². The Morgan fingerprint density at radius 3 is 1.71 bits per heavy atom. The number of ether oxygens (including phenoxy) is 2. The van der Waals surface area contributed by atoms with E-state index >= 15 is 0 Å². The number of nitrogens with zero attached hydrogens (tertiary/aromatic N) is 4. The number of aliphatic hydroxyl groups excluding tert-OH is 1. The standard InChI is InChI=1S/C20H26N4O6S.C20H25N3O4/c1-12-5-15(6-13(12)10-30-31(21,26)27)24-20-16(8-22-11-23-20)19(25)18-7-14(9-29-18)17-3-2-4-28-17;1-12-5-15(6-13(12)9-24)23-20-16(8-21-11-22-20)19(25)18-7-14(10-27-18)17-3-2-4-26-17/h7-9,11-13,15,17H,2-6,10H2,1H3,(H2,21,26,27)(H,22,23,24);7-8,10-13,15,17,24H,2-6,9H2,1H3,(H,21,22,23)/t2*12-,13+,15-,17?/m00/s1. The van der Waals surface area contributed by atoms with Crippen LogP contribution in [0.15, 0.2) is 58.5 Å². The molecule has 4 aromatic rings. The maximum atomic E-state index is 13.1. The lowest BCUT2D eigenvalue weighted by Gasteiger charge is -2.15. The molecule has 18 heteroatoms. The fourth-order valence-corrected chi connectivity index (χ4v) is 8.77. The van der Waals surface area contributed by atoms with Gasteiger partial charge in [-0.3, -0.25) is 13.8 Å². The lowest BCUT2D eigenvalue weighted by Crippen LogP contribution is -2.22. The lowest BCUT2D eigenvalue weighted by atomic mass is 10.00. The van der Waals surface area contributed by atoms with E-state index in [1.807, 2.05) is 6.92 Å². The smallest absolute Gasteiger partial charge is 0.333 e. The van der Waals surface area contributed by atoms with Gasteiger partial charge in [0.2, 0.25) is 11.6 Å². The number of aromatic nitrogens is 4. The molecule has 0 amide bonds.